The first kappa shape index (κ1) is 12.3. The summed E-state index contributed by atoms with van der Waals surface area (Å²) in [4.78, 5) is 10.4. The molecule has 0 aliphatic heterocycles. The molecule has 0 bridgehead atoms. The molecule has 0 unspecified atom stereocenters. The maximum Gasteiger partial charge on any atom is 0.328 e. The third kappa shape index (κ3) is 3.35. The number of halogens is 2. The van der Waals surface area contributed by atoms with Crippen molar-refractivity contribution in [2.75, 3.05) is 7.11 Å². The van der Waals surface area contributed by atoms with E-state index in [0.29, 0.717) is 5.75 Å². The number of rotatable bonds is 3. The van der Waals surface area contributed by atoms with Gasteiger partial charge in [0.1, 0.15) is 5.75 Å². The molecule has 80 valence electrons. The van der Waals surface area contributed by atoms with Gasteiger partial charge in [0.15, 0.2) is 0 Å². The molecule has 3 nitrogen and oxygen atoms in total. The molecular weight excluding hydrogens is 328 g/mol. The van der Waals surface area contributed by atoms with Gasteiger partial charge < -0.3 is 9.84 Å². The standard InChI is InChI=1S/C10H8Br2O3/c1-15-9-4-6(2-3-10(13)14)7(11)5-8(9)12/h2-5H,1H3,(H,13,14)/b3-2-. The molecule has 5 heteroatoms. The van der Waals surface area contributed by atoms with Crippen molar-refractivity contribution >= 4 is 43.9 Å². The predicted octanol–water partition coefficient (Wildman–Crippen LogP) is 3.32. The molecule has 0 fully saturated rings. The molecule has 1 aromatic rings. The van der Waals surface area contributed by atoms with Gasteiger partial charge in [0, 0.05) is 10.5 Å². The lowest BCUT2D eigenvalue weighted by Gasteiger charge is -2.06. The Morgan fingerprint density at radius 2 is 2.07 bits per heavy atom. The van der Waals surface area contributed by atoms with E-state index in [1.54, 1.807) is 19.2 Å². The Balaban J connectivity index is 3.13. The fraction of sp³-hybridized carbons (Fsp3) is 0.100. The molecule has 0 aromatic heterocycles. The summed E-state index contributed by atoms with van der Waals surface area (Å²) in [6, 6.07) is 3.55. The molecule has 0 spiro atoms. The highest BCUT2D eigenvalue weighted by atomic mass is 79.9. The smallest absolute Gasteiger partial charge is 0.328 e. The molecule has 0 amide bonds. The minimum atomic E-state index is -0.983. The zero-order valence-corrected chi connectivity index (χ0v) is 11.0. The second-order valence-corrected chi connectivity index (χ2v) is 4.39. The highest BCUT2D eigenvalue weighted by molar-refractivity contribution is 9.11. The highest BCUT2D eigenvalue weighted by Gasteiger charge is 2.05. The van der Waals surface area contributed by atoms with Crippen molar-refractivity contribution in [1.82, 2.24) is 0 Å². The number of ether oxygens (including phenoxy) is 1. The zero-order chi connectivity index (χ0) is 11.4. The summed E-state index contributed by atoms with van der Waals surface area (Å²) in [6.45, 7) is 0. The molecule has 0 heterocycles. The molecule has 0 radical (unpaired) electrons. The summed E-state index contributed by atoms with van der Waals surface area (Å²) in [5.74, 6) is -0.327. The molecule has 1 N–H and O–H groups in total. The first-order valence-corrected chi connectivity index (χ1v) is 5.57. The number of aliphatic carboxylic acids is 1. The van der Waals surface area contributed by atoms with Crippen LogP contribution in [0.15, 0.2) is 27.2 Å². The summed E-state index contributed by atoms with van der Waals surface area (Å²) in [7, 11) is 1.55. The molecule has 0 aliphatic carbocycles. The monoisotopic (exact) mass is 334 g/mol. The first-order chi connectivity index (χ1) is 7.04. The van der Waals surface area contributed by atoms with Gasteiger partial charge in [0.05, 0.1) is 11.6 Å². The third-order valence-corrected chi connectivity index (χ3v) is 2.98. The molecule has 1 aromatic carbocycles. The average Bonchev–Trinajstić information content (AvgIpc) is 2.16. The molecular formula is C10H8Br2O3. The summed E-state index contributed by atoms with van der Waals surface area (Å²) in [6.07, 6.45) is 2.58. The minimum absolute atomic E-state index is 0.656. The fourth-order valence-corrected chi connectivity index (χ4v) is 2.28. The van der Waals surface area contributed by atoms with Gasteiger partial charge in [-0.2, -0.15) is 0 Å². The second kappa shape index (κ2) is 5.32. The van der Waals surface area contributed by atoms with Gasteiger partial charge in [0.25, 0.3) is 0 Å². The van der Waals surface area contributed by atoms with Gasteiger partial charge in [-0.25, -0.2) is 4.79 Å². The van der Waals surface area contributed by atoms with Crippen LogP contribution in [-0.2, 0) is 4.79 Å². The van der Waals surface area contributed by atoms with E-state index < -0.39 is 5.97 Å². The minimum Gasteiger partial charge on any atom is -0.496 e. The maximum absolute atomic E-state index is 10.4. The average molecular weight is 336 g/mol. The van der Waals surface area contributed by atoms with Crippen LogP contribution in [0.5, 0.6) is 5.75 Å². The lowest BCUT2D eigenvalue weighted by Crippen LogP contribution is -1.89. The van der Waals surface area contributed by atoms with Crippen molar-refractivity contribution in [2.45, 2.75) is 0 Å². The van der Waals surface area contributed by atoms with Gasteiger partial charge in [-0.15, -0.1) is 0 Å². The van der Waals surface area contributed by atoms with E-state index in [2.05, 4.69) is 31.9 Å². The van der Waals surface area contributed by atoms with Crippen LogP contribution in [-0.4, -0.2) is 18.2 Å². The topological polar surface area (TPSA) is 46.5 Å². The van der Waals surface area contributed by atoms with E-state index in [1.165, 1.54) is 6.08 Å². The summed E-state index contributed by atoms with van der Waals surface area (Å²) in [5, 5.41) is 8.50. The Morgan fingerprint density at radius 3 is 2.60 bits per heavy atom. The number of methoxy groups -OCH3 is 1. The van der Waals surface area contributed by atoms with E-state index >= 15 is 0 Å². The molecule has 0 saturated heterocycles. The Hall–Kier alpha value is -0.810. The van der Waals surface area contributed by atoms with Crippen molar-refractivity contribution in [3.05, 3.63) is 32.7 Å². The van der Waals surface area contributed by atoms with Crippen molar-refractivity contribution < 1.29 is 14.6 Å². The van der Waals surface area contributed by atoms with Crippen LogP contribution >= 0.6 is 31.9 Å². The quantitative estimate of drug-likeness (QED) is 0.862. The van der Waals surface area contributed by atoms with Crippen LogP contribution in [0.4, 0.5) is 0 Å². The van der Waals surface area contributed by atoms with Crippen LogP contribution in [0, 0.1) is 0 Å². The molecule has 0 saturated carbocycles. The summed E-state index contributed by atoms with van der Waals surface area (Å²) in [5.41, 5.74) is 0.748. The van der Waals surface area contributed by atoms with Crippen molar-refractivity contribution in [1.29, 1.82) is 0 Å². The van der Waals surface area contributed by atoms with Gasteiger partial charge in [-0.3, -0.25) is 0 Å². The van der Waals surface area contributed by atoms with E-state index in [1.807, 2.05) is 0 Å². The largest absolute Gasteiger partial charge is 0.496 e. The number of hydrogen-bond acceptors (Lipinski definition) is 2. The number of carboxylic acids is 1. The maximum atomic E-state index is 10.4. The van der Waals surface area contributed by atoms with Crippen LogP contribution in [0.3, 0.4) is 0 Å². The lowest BCUT2D eigenvalue weighted by molar-refractivity contribution is -0.131. The predicted molar refractivity (Wildman–Crippen MR) is 65.1 cm³/mol. The van der Waals surface area contributed by atoms with Crippen molar-refractivity contribution in [2.24, 2.45) is 0 Å². The molecule has 0 aliphatic rings. The van der Waals surface area contributed by atoms with E-state index in [-0.39, 0.29) is 0 Å². The zero-order valence-electron chi connectivity index (χ0n) is 7.83. The van der Waals surface area contributed by atoms with Crippen molar-refractivity contribution in [3.63, 3.8) is 0 Å². The Morgan fingerprint density at radius 1 is 1.40 bits per heavy atom. The van der Waals surface area contributed by atoms with Crippen LogP contribution < -0.4 is 4.74 Å². The number of hydrogen-bond donors (Lipinski definition) is 1. The van der Waals surface area contributed by atoms with Gasteiger partial charge in [-0.1, -0.05) is 15.9 Å². The summed E-state index contributed by atoms with van der Waals surface area (Å²) < 4.78 is 6.71. The Labute approximate surface area is 104 Å². The van der Waals surface area contributed by atoms with Gasteiger partial charge >= 0.3 is 5.97 Å². The lowest BCUT2D eigenvalue weighted by atomic mass is 10.2. The normalized spacial score (nSPS) is 10.6. The van der Waals surface area contributed by atoms with Crippen LogP contribution in [0.1, 0.15) is 5.56 Å². The van der Waals surface area contributed by atoms with Gasteiger partial charge in [-0.05, 0) is 39.7 Å². The fourth-order valence-electron chi connectivity index (χ4n) is 0.990. The Bertz CT molecular complexity index is 413. The van der Waals surface area contributed by atoms with E-state index in [9.17, 15) is 4.79 Å². The van der Waals surface area contributed by atoms with Crippen LogP contribution in [0.25, 0.3) is 6.08 Å². The molecule has 0 atom stereocenters. The van der Waals surface area contributed by atoms with E-state index in [0.717, 1.165) is 20.6 Å². The van der Waals surface area contributed by atoms with Gasteiger partial charge in [0.2, 0.25) is 0 Å². The van der Waals surface area contributed by atoms with Crippen LogP contribution in [0.2, 0.25) is 0 Å². The highest BCUT2D eigenvalue weighted by Crippen LogP contribution is 2.31. The number of carboxylic acid groups (broad SMARTS) is 1. The molecule has 15 heavy (non-hydrogen) atoms. The van der Waals surface area contributed by atoms with E-state index in [4.69, 9.17) is 9.84 Å². The molecule has 1 rings (SSSR count). The Kier molecular flexibility index (Phi) is 4.35. The van der Waals surface area contributed by atoms with Crippen molar-refractivity contribution in [3.8, 4) is 5.75 Å². The number of carbonyl (C=O) groups is 1. The third-order valence-electron chi connectivity index (χ3n) is 1.68. The number of benzene rings is 1. The summed E-state index contributed by atoms with van der Waals surface area (Å²) >= 11 is 6.66. The second-order valence-electron chi connectivity index (χ2n) is 2.68. The first-order valence-electron chi connectivity index (χ1n) is 3.98. The SMILES string of the molecule is COc1cc(/C=C\C(=O)O)c(Br)cc1Br.